The highest BCUT2D eigenvalue weighted by Gasteiger charge is 2.21. The summed E-state index contributed by atoms with van der Waals surface area (Å²) in [5.41, 5.74) is 0. The van der Waals surface area contributed by atoms with Gasteiger partial charge in [-0.3, -0.25) is 0 Å². The third-order valence-electron chi connectivity index (χ3n) is 3.09. The van der Waals surface area contributed by atoms with E-state index in [1.165, 1.54) is 11.3 Å². The first-order chi connectivity index (χ1) is 10.1. The van der Waals surface area contributed by atoms with E-state index in [0.717, 1.165) is 24.4 Å². The van der Waals surface area contributed by atoms with Gasteiger partial charge >= 0.3 is 0 Å². The molecule has 0 aromatic carbocycles. The Kier molecular flexibility index (Phi) is 6.59. The smallest absolute Gasteiger partial charge is 0.250 e. The molecule has 6 nitrogen and oxygen atoms in total. The topological polar surface area (TPSA) is 76.7 Å². The Morgan fingerprint density at radius 3 is 2.95 bits per heavy atom. The Hall–Kier alpha value is -0.510. The van der Waals surface area contributed by atoms with E-state index < -0.39 is 10.0 Å². The van der Waals surface area contributed by atoms with Crippen molar-refractivity contribution >= 4 is 21.4 Å². The van der Waals surface area contributed by atoms with Crippen molar-refractivity contribution in [3.05, 3.63) is 17.0 Å². The lowest BCUT2D eigenvalue weighted by atomic mass is 10.3. The van der Waals surface area contributed by atoms with Crippen LogP contribution in [-0.4, -0.2) is 54.0 Å². The summed E-state index contributed by atoms with van der Waals surface area (Å²) in [4.78, 5) is 1.06. The van der Waals surface area contributed by atoms with Crippen LogP contribution in [0.15, 0.2) is 16.3 Å². The van der Waals surface area contributed by atoms with Crippen LogP contribution in [0, 0.1) is 0 Å². The predicted molar refractivity (Wildman–Crippen MR) is 82.3 cm³/mol. The van der Waals surface area contributed by atoms with E-state index in [9.17, 15) is 8.42 Å². The van der Waals surface area contributed by atoms with Gasteiger partial charge in [0.2, 0.25) is 10.0 Å². The molecule has 1 saturated heterocycles. The fourth-order valence-electron chi connectivity index (χ4n) is 1.95. The normalized spacial score (nSPS) is 19.8. The van der Waals surface area contributed by atoms with Crippen LogP contribution in [0.1, 0.15) is 11.8 Å². The lowest BCUT2D eigenvalue weighted by molar-refractivity contribution is -0.0846. The molecule has 2 N–H and O–H groups in total. The second-order valence-corrected chi connectivity index (χ2v) is 7.91. The molecule has 0 bridgehead atoms. The summed E-state index contributed by atoms with van der Waals surface area (Å²) in [6.07, 6.45) is 0.634. The molecule has 0 amide bonds. The molecule has 120 valence electrons. The summed E-state index contributed by atoms with van der Waals surface area (Å²) in [5, 5.41) is 3.22. The van der Waals surface area contributed by atoms with E-state index in [0.29, 0.717) is 24.0 Å². The van der Waals surface area contributed by atoms with Gasteiger partial charge in [0.15, 0.2) is 0 Å². The molecule has 0 radical (unpaired) electrons. The number of hydrogen-bond acceptors (Lipinski definition) is 6. The van der Waals surface area contributed by atoms with Gasteiger partial charge in [0.1, 0.15) is 4.21 Å². The van der Waals surface area contributed by atoms with Crippen molar-refractivity contribution in [3.8, 4) is 0 Å². The summed E-state index contributed by atoms with van der Waals surface area (Å²) in [6.45, 7) is 5.58. The highest BCUT2D eigenvalue weighted by molar-refractivity contribution is 7.91. The van der Waals surface area contributed by atoms with Gasteiger partial charge in [0, 0.05) is 11.4 Å². The molecule has 0 spiro atoms. The molecule has 0 aliphatic carbocycles. The van der Waals surface area contributed by atoms with Gasteiger partial charge in [-0.15, -0.1) is 11.3 Å². The third-order valence-corrected chi connectivity index (χ3v) is 6.15. The minimum absolute atomic E-state index is 0.207. The van der Waals surface area contributed by atoms with Crippen molar-refractivity contribution in [2.75, 3.05) is 39.5 Å². The molecule has 1 fully saturated rings. The van der Waals surface area contributed by atoms with Crippen LogP contribution in [0.3, 0.4) is 0 Å². The van der Waals surface area contributed by atoms with E-state index in [-0.39, 0.29) is 12.6 Å². The molecule has 1 aliphatic heterocycles. The molecule has 1 atom stereocenters. The number of sulfonamides is 1. The summed E-state index contributed by atoms with van der Waals surface area (Å²) in [7, 11) is -3.46. The van der Waals surface area contributed by atoms with Crippen LogP contribution in [0.2, 0.25) is 0 Å². The average Bonchev–Trinajstić information content (AvgIpc) is 2.96. The highest BCUT2D eigenvalue weighted by Crippen LogP contribution is 2.21. The van der Waals surface area contributed by atoms with E-state index in [2.05, 4.69) is 10.0 Å². The molecule has 1 unspecified atom stereocenters. The van der Waals surface area contributed by atoms with Crippen LogP contribution in [0.4, 0.5) is 0 Å². The summed E-state index contributed by atoms with van der Waals surface area (Å²) in [5.74, 6) is 0. The van der Waals surface area contributed by atoms with Gasteiger partial charge < -0.3 is 14.8 Å². The summed E-state index contributed by atoms with van der Waals surface area (Å²) >= 11 is 1.31. The van der Waals surface area contributed by atoms with E-state index in [4.69, 9.17) is 9.47 Å². The van der Waals surface area contributed by atoms with Gasteiger partial charge in [-0.1, -0.05) is 6.92 Å². The first-order valence-electron chi connectivity index (χ1n) is 7.10. The number of rotatable bonds is 8. The monoisotopic (exact) mass is 334 g/mol. The van der Waals surface area contributed by atoms with Gasteiger partial charge in [0.05, 0.1) is 25.9 Å². The van der Waals surface area contributed by atoms with Crippen molar-refractivity contribution in [3.63, 3.8) is 0 Å². The van der Waals surface area contributed by atoms with E-state index in [1.54, 1.807) is 6.07 Å². The zero-order valence-electron chi connectivity index (χ0n) is 12.1. The molecule has 1 aromatic rings. The Morgan fingerprint density at radius 2 is 2.24 bits per heavy atom. The van der Waals surface area contributed by atoms with Crippen LogP contribution < -0.4 is 10.0 Å². The average molecular weight is 334 g/mol. The number of likely N-dealkylation sites (N-methyl/N-ethyl adjacent to an activating group) is 1. The van der Waals surface area contributed by atoms with Crippen molar-refractivity contribution < 1.29 is 17.9 Å². The first-order valence-corrected chi connectivity index (χ1v) is 9.40. The van der Waals surface area contributed by atoms with Crippen molar-refractivity contribution in [2.24, 2.45) is 0 Å². The maximum atomic E-state index is 12.2. The third kappa shape index (κ3) is 5.32. The minimum atomic E-state index is -3.46. The zero-order valence-corrected chi connectivity index (χ0v) is 13.8. The quantitative estimate of drug-likeness (QED) is 0.681. The number of nitrogens with one attached hydrogen (secondary N) is 2. The molecule has 0 saturated carbocycles. The second kappa shape index (κ2) is 8.21. The minimum Gasteiger partial charge on any atom is -0.376 e. The first kappa shape index (κ1) is 16.9. The summed E-state index contributed by atoms with van der Waals surface area (Å²) in [6, 6.07) is 3.53. The molecule has 2 rings (SSSR count). The summed E-state index contributed by atoms with van der Waals surface area (Å²) < 4.78 is 38.0. The standard InChI is InChI=1S/C13H22N2O4S2/c1-2-14-6-5-12-3-4-13(20-12)21(16,17)15-9-11-10-18-7-8-19-11/h3-4,11,14-15H,2,5-10H2,1H3. The van der Waals surface area contributed by atoms with Gasteiger partial charge in [0.25, 0.3) is 0 Å². The SMILES string of the molecule is CCNCCc1ccc(S(=O)(=O)NCC2COCCO2)s1. The fourth-order valence-corrected chi connectivity index (χ4v) is 4.42. The fraction of sp³-hybridized carbons (Fsp3) is 0.692. The Bertz CT molecular complexity index is 524. The molecular formula is C13H22N2O4S2. The van der Waals surface area contributed by atoms with Gasteiger partial charge in [-0.25, -0.2) is 13.1 Å². The lowest BCUT2D eigenvalue weighted by Gasteiger charge is -2.22. The van der Waals surface area contributed by atoms with Crippen LogP contribution in [-0.2, 0) is 25.9 Å². The molecule has 1 aromatic heterocycles. The van der Waals surface area contributed by atoms with Crippen LogP contribution in [0.5, 0.6) is 0 Å². The lowest BCUT2D eigenvalue weighted by Crippen LogP contribution is -2.39. The van der Waals surface area contributed by atoms with Crippen molar-refractivity contribution in [1.82, 2.24) is 10.0 Å². The highest BCUT2D eigenvalue weighted by atomic mass is 32.2. The van der Waals surface area contributed by atoms with Crippen LogP contribution >= 0.6 is 11.3 Å². The Balaban J connectivity index is 1.86. The molecular weight excluding hydrogens is 312 g/mol. The Morgan fingerprint density at radius 1 is 1.38 bits per heavy atom. The van der Waals surface area contributed by atoms with Crippen molar-refractivity contribution in [1.29, 1.82) is 0 Å². The maximum Gasteiger partial charge on any atom is 0.250 e. The second-order valence-electron chi connectivity index (χ2n) is 4.74. The van der Waals surface area contributed by atoms with Crippen molar-refractivity contribution in [2.45, 2.75) is 23.7 Å². The molecule has 1 aliphatic rings. The number of ether oxygens (including phenoxy) is 2. The molecule has 21 heavy (non-hydrogen) atoms. The van der Waals surface area contributed by atoms with E-state index >= 15 is 0 Å². The van der Waals surface area contributed by atoms with Gasteiger partial charge in [-0.05, 0) is 31.6 Å². The van der Waals surface area contributed by atoms with Gasteiger partial charge in [-0.2, -0.15) is 0 Å². The van der Waals surface area contributed by atoms with Crippen LogP contribution in [0.25, 0.3) is 0 Å². The predicted octanol–water partition coefficient (Wildman–Crippen LogP) is 0.594. The number of thiophene rings is 1. The number of hydrogen-bond donors (Lipinski definition) is 2. The molecule has 2 heterocycles. The zero-order chi connectivity index (χ0) is 15.1. The maximum absolute atomic E-state index is 12.2. The van der Waals surface area contributed by atoms with E-state index in [1.807, 2.05) is 13.0 Å². The largest absolute Gasteiger partial charge is 0.376 e. The molecule has 8 heteroatoms. The Labute approximate surface area is 129 Å².